The van der Waals surface area contributed by atoms with Crippen LogP contribution in [-0.4, -0.2) is 16.9 Å². The summed E-state index contributed by atoms with van der Waals surface area (Å²) in [6, 6.07) is 4.10. The highest BCUT2D eigenvalue weighted by Gasteiger charge is 2.38. The number of thiophene rings is 1. The molecular weight excluding hydrogens is 322 g/mol. The zero-order valence-electron chi connectivity index (χ0n) is 9.24. The van der Waals surface area contributed by atoms with E-state index in [9.17, 15) is 4.79 Å². The van der Waals surface area contributed by atoms with Crippen molar-refractivity contribution in [1.29, 1.82) is 0 Å². The van der Waals surface area contributed by atoms with E-state index in [1.54, 1.807) is 16.8 Å². The summed E-state index contributed by atoms with van der Waals surface area (Å²) in [5, 5.41) is 8.72. The zero-order chi connectivity index (χ0) is 12.3. The van der Waals surface area contributed by atoms with Gasteiger partial charge in [0, 0.05) is 11.3 Å². The monoisotopic (exact) mass is 335 g/mol. The van der Waals surface area contributed by atoms with Crippen molar-refractivity contribution >= 4 is 44.9 Å². The van der Waals surface area contributed by atoms with E-state index < -0.39 is 0 Å². The Kier molecular flexibility index (Phi) is 4.52. The van der Waals surface area contributed by atoms with Crippen LogP contribution in [0.4, 0.5) is 0 Å². The number of hydrogen-bond acceptors (Lipinski definition) is 4. The Morgan fingerprint density at radius 2 is 2.35 bits per heavy atom. The molecule has 2 N–H and O–H groups in total. The van der Waals surface area contributed by atoms with Crippen LogP contribution >= 0.6 is 39.0 Å². The van der Waals surface area contributed by atoms with Crippen molar-refractivity contribution in [3.05, 3.63) is 20.8 Å². The lowest BCUT2D eigenvalue weighted by atomic mass is 9.94. The molecule has 3 nitrogen and oxygen atoms in total. The van der Waals surface area contributed by atoms with E-state index in [0.717, 1.165) is 22.4 Å². The molecule has 0 spiro atoms. The maximum absolute atomic E-state index is 11.5. The number of amides is 1. The van der Waals surface area contributed by atoms with Crippen molar-refractivity contribution in [3.8, 4) is 0 Å². The number of hydrogen-bond donors (Lipinski definition) is 2. The summed E-state index contributed by atoms with van der Waals surface area (Å²) < 4.78 is 0.935. The lowest BCUT2D eigenvalue weighted by Crippen LogP contribution is -2.32. The standard InChI is InChI=1S/C11H14BrNO2S2/c12-9-4-3-8(17-9)11(7-10(14)13-15)5-1-2-6-16-11/h3-4,15H,1-2,5-7H2,(H,13,14). The molecule has 1 atom stereocenters. The molecule has 0 aromatic carbocycles. The molecule has 0 saturated carbocycles. The molecule has 0 bridgehead atoms. The molecule has 6 heteroatoms. The third-order valence-corrected chi connectivity index (χ3v) is 6.52. The average Bonchev–Trinajstić information content (AvgIpc) is 2.77. The van der Waals surface area contributed by atoms with Gasteiger partial charge in [0.05, 0.1) is 8.53 Å². The lowest BCUT2D eigenvalue weighted by molar-refractivity contribution is -0.129. The van der Waals surface area contributed by atoms with Crippen LogP contribution in [0.1, 0.15) is 30.6 Å². The van der Waals surface area contributed by atoms with Crippen LogP contribution in [0.2, 0.25) is 0 Å². The van der Waals surface area contributed by atoms with Gasteiger partial charge < -0.3 is 0 Å². The fourth-order valence-corrected chi connectivity index (χ4v) is 5.40. The van der Waals surface area contributed by atoms with Gasteiger partial charge in [-0.1, -0.05) is 6.42 Å². The maximum atomic E-state index is 11.5. The molecule has 0 aliphatic carbocycles. The molecule has 1 aliphatic rings. The van der Waals surface area contributed by atoms with Crippen molar-refractivity contribution in [2.75, 3.05) is 5.75 Å². The van der Waals surface area contributed by atoms with Crippen LogP contribution in [0.3, 0.4) is 0 Å². The normalized spacial score (nSPS) is 24.6. The first-order valence-corrected chi connectivity index (χ1v) is 8.08. The van der Waals surface area contributed by atoms with Gasteiger partial charge in [-0.15, -0.1) is 23.1 Å². The van der Waals surface area contributed by atoms with Crippen molar-refractivity contribution in [3.63, 3.8) is 0 Å². The van der Waals surface area contributed by atoms with Crippen molar-refractivity contribution in [1.82, 2.24) is 5.48 Å². The summed E-state index contributed by atoms with van der Waals surface area (Å²) in [6.07, 6.45) is 3.69. The molecule has 2 rings (SSSR count). The Hall–Kier alpha value is -0.0400. The fraction of sp³-hybridized carbons (Fsp3) is 0.545. The minimum absolute atomic E-state index is 0.151. The zero-order valence-corrected chi connectivity index (χ0v) is 12.5. The summed E-state index contributed by atoms with van der Waals surface area (Å²) in [7, 11) is 0. The molecule has 1 amide bonds. The number of hydroxylamine groups is 1. The van der Waals surface area contributed by atoms with E-state index in [2.05, 4.69) is 22.0 Å². The quantitative estimate of drug-likeness (QED) is 0.656. The van der Waals surface area contributed by atoms with E-state index >= 15 is 0 Å². The molecule has 0 radical (unpaired) electrons. The van der Waals surface area contributed by atoms with E-state index in [1.807, 2.05) is 17.8 Å². The molecule has 17 heavy (non-hydrogen) atoms. The topological polar surface area (TPSA) is 49.3 Å². The van der Waals surface area contributed by atoms with Crippen LogP contribution in [0.25, 0.3) is 0 Å². The Balaban J connectivity index is 2.25. The third-order valence-electron chi connectivity index (χ3n) is 2.95. The van der Waals surface area contributed by atoms with Crippen molar-refractivity contribution in [2.45, 2.75) is 30.4 Å². The van der Waals surface area contributed by atoms with Gasteiger partial charge in [0.2, 0.25) is 5.91 Å². The summed E-state index contributed by atoms with van der Waals surface area (Å²) in [5.74, 6) is 0.776. The molecule has 2 heterocycles. The summed E-state index contributed by atoms with van der Waals surface area (Å²) >= 11 is 6.98. The van der Waals surface area contributed by atoms with E-state index in [4.69, 9.17) is 5.21 Å². The van der Waals surface area contributed by atoms with Gasteiger partial charge in [0.1, 0.15) is 0 Å². The Bertz CT molecular complexity index is 402. The summed E-state index contributed by atoms with van der Waals surface area (Å²) in [4.78, 5) is 12.7. The number of halogens is 1. The minimum atomic E-state index is -0.302. The first-order chi connectivity index (χ1) is 8.16. The van der Waals surface area contributed by atoms with E-state index in [0.29, 0.717) is 6.42 Å². The first kappa shape index (κ1) is 13.4. The highest BCUT2D eigenvalue weighted by Crippen LogP contribution is 2.50. The Labute approximate surface area is 117 Å². The van der Waals surface area contributed by atoms with Gasteiger partial charge in [-0.3, -0.25) is 10.0 Å². The van der Waals surface area contributed by atoms with Crippen molar-refractivity contribution < 1.29 is 10.0 Å². The molecule has 1 unspecified atom stereocenters. The Morgan fingerprint density at radius 1 is 1.53 bits per heavy atom. The van der Waals surface area contributed by atoms with Gasteiger partial charge in [0.15, 0.2) is 0 Å². The molecule has 1 aromatic rings. The molecular formula is C11H14BrNO2S2. The first-order valence-electron chi connectivity index (χ1n) is 5.49. The molecule has 1 fully saturated rings. The summed E-state index contributed by atoms with van der Waals surface area (Å²) in [5.41, 5.74) is 1.75. The number of thioether (sulfide) groups is 1. The number of nitrogens with one attached hydrogen (secondary N) is 1. The largest absolute Gasteiger partial charge is 0.289 e. The second kappa shape index (κ2) is 5.73. The van der Waals surface area contributed by atoms with Gasteiger partial charge in [-0.2, -0.15) is 0 Å². The highest BCUT2D eigenvalue weighted by atomic mass is 79.9. The smallest absolute Gasteiger partial charge is 0.245 e. The molecule has 1 saturated heterocycles. The molecule has 94 valence electrons. The van der Waals surface area contributed by atoms with Gasteiger partial charge in [-0.25, -0.2) is 5.48 Å². The van der Waals surface area contributed by atoms with Crippen LogP contribution < -0.4 is 5.48 Å². The second-order valence-electron chi connectivity index (χ2n) is 4.12. The lowest BCUT2D eigenvalue weighted by Gasteiger charge is -2.35. The van der Waals surface area contributed by atoms with Crippen LogP contribution in [0, 0.1) is 0 Å². The number of carbonyl (C=O) groups is 1. The van der Waals surface area contributed by atoms with Gasteiger partial charge in [-0.05, 0) is 46.7 Å². The predicted molar refractivity (Wildman–Crippen MR) is 74.6 cm³/mol. The average molecular weight is 336 g/mol. The predicted octanol–water partition coefficient (Wildman–Crippen LogP) is 3.52. The minimum Gasteiger partial charge on any atom is -0.289 e. The third kappa shape index (κ3) is 3.05. The van der Waals surface area contributed by atoms with Crippen LogP contribution in [0.15, 0.2) is 15.9 Å². The van der Waals surface area contributed by atoms with E-state index in [1.165, 1.54) is 11.3 Å². The van der Waals surface area contributed by atoms with E-state index in [-0.39, 0.29) is 10.7 Å². The number of rotatable bonds is 3. The highest BCUT2D eigenvalue weighted by molar-refractivity contribution is 9.11. The SMILES string of the molecule is O=C(CC1(c2ccc(Br)s2)CCCCS1)NO. The van der Waals surface area contributed by atoms with Gasteiger partial charge >= 0.3 is 0 Å². The molecule has 1 aliphatic heterocycles. The van der Waals surface area contributed by atoms with Crippen LogP contribution in [-0.2, 0) is 9.54 Å². The van der Waals surface area contributed by atoms with Gasteiger partial charge in [0.25, 0.3) is 0 Å². The fourth-order valence-electron chi connectivity index (χ4n) is 2.13. The maximum Gasteiger partial charge on any atom is 0.245 e. The number of carbonyl (C=O) groups excluding carboxylic acids is 1. The van der Waals surface area contributed by atoms with Crippen molar-refractivity contribution in [2.24, 2.45) is 0 Å². The Morgan fingerprint density at radius 3 is 2.88 bits per heavy atom. The molecule has 1 aromatic heterocycles. The van der Waals surface area contributed by atoms with Crippen LogP contribution in [0.5, 0.6) is 0 Å². The second-order valence-corrected chi connectivity index (χ2v) is 8.06. The summed E-state index contributed by atoms with van der Waals surface area (Å²) in [6.45, 7) is 0.